The first-order valence-corrected chi connectivity index (χ1v) is 16.7. The number of nitrogens with two attached hydrogens (primary N) is 1. The van der Waals surface area contributed by atoms with Crippen LogP contribution in [0.1, 0.15) is 28.2 Å². The zero-order valence-electron chi connectivity index (χ0n) is 27.7. The van der Waals surface area contributed by atoms with E-state index in [1.807, 2.05) is 0 Å². The lowest BCUT2D eigenvalue weighted by atomic mass is 10.0. The van der Waals surface area contributed by atoms with Crippen LogP contribution in [0.3, 0.4) is 0 Å². The van der Waals surface area contributed by atoms with Gasteiger partial charge in [0.2, 0.25) is 11.8 Å². The molecule has 0 saturated carbocycles. The SMILES string of the molecule is C.COC(=O)[C@@H](N)CSCC(=O)N1CC([N+](=O)[O-])([N+](=O)[O-])C1.COC(=O)[C@H](CS)NC(=O)OC(C)(C)C.Cl.O=C(CBr)N1CC([N+](=O)[O-])([N+](=O)[O-])C1. The molecule has 52 heavy (non-hydrogen) atoms. The van der Waals surface area contributed by atoms with Crippen LogP contribution in [0.15, 0.2) is 0 Å². The Balaban J connectivity index is -0.000000698. The average molecular weight is 878 g/mol. The number of amides is 3. The maximum absolute atomic E-state index is 11.7. The number of ether oxygens (including phenoxy) is 3. The second kappa shape index (κ2) is 23.0. The van der Waals surface area contributed by atoms with Gasteiger partial charge >= 0.3 is 29.4 Å². The molecular formula is C24H42BrClN8O16S2. The Labute approximate surface area is 321 Å². The topological polar surface area (TPSA) is 330 Å². The number of hydrogen-bond acceptors (Lipinski definition) is 19. The number of hydrogen-bond donors (Lipinski definition) is 3. The molecule has 2 aliphatic rings. The van der Waals surface area contributed by atoms with Crippen LogP contribution < -0.4 is 11.1 Å². The third kappa shape index (κ3) is 15.0. The summed E-state index contributed by atoms with van der Waals surface area (Å²) in [6.45, 7) is 3.17. The number of likely N-dealkylation sites (tertiary alicyclic amines) is 2. The maximum Gasteiger partial charge on any atom is 0.492 e. The molecule has 0 unspecified atom stereocenters. The molecule has 3 N–H and O–H groups in total. The number of thiol groups is 1. The number of halogens is 2. The summed E-state index contributed by atoms with van der Waals surface area (Å²) >= 11 is 7.85. The summed E-state index contributed by atoms with van der Waals surface area (Å²) in [5, 5.41) is 44.6. The Kier molecular flexibility index (Phi) is 23.2. The molecule has 0 spiro atoms. The number of alkyl carbamates (subject to hydrolysis) is 1. The Morgan fingerprint density at radius 3 is 1.56 bits per heavy atom. The van der Waals surface area contributed by atoms with Gasteiger partial charge in [-0.15, -0.1) is 24.2 Å². The highest BCUT2D eigenvalue weighted by atomic mass is 79.9. The Morgan fingerprint density at radius 1 is 0.865 bits per heavy atom. The van der Waals surface area contributed by atoms with Gasteiger partial charge in [-0.1, -0.05) is 23.4 Å². The van der Waals surface area contributed by atoms with E-state index < -0.39 is 98.8 Å². The number of rotatable bonds is 13. The van der Waals surface area contributed by atoms with Crippen molar-refractivity contribution in [2.75, 3.05) is 63.0 Å². The molecule has 0 aromatic carbocycles. The summed E-state index contributed by atoms with van der Waals surface area (Å²) in [6, 6.07) is -1.66. The lowest BCUT2D eigenvalue weighted by Crippen LogP contribution is -2.71. The molecule has 2 saturated heterocycles. The van der Waals surface area contributed by atoms with Crippen LogP contribution in [-0.4, -0.2) is 151 Å². The zero-order chi connectivity index (χ0) is 39.2. The van der Waals surface area contributed by atoms with Gasteiger partial charge in [-0.3, -0.25) is 54.8 Å². The minimum absolute atomic E-state index is 0. The van der Waals surface area contributed by atoms with Gasteiger partial charge in [-0.05, 0) is 20.8 Å². The van der Waals surface area contributed by atoms with Crippen molar-refractivity contribution in [2.24, 2.45) is 5.73 Å². The van der Waals surface area contributed by atoms with Crippen molar-refractivity contribution in [1.29, 1.82) is 0 Å². The fourth-order valence-corrected chi connectivity index (χ4v) is 4.98. The maximum atomic E-state index is 11.7. The van der Waals surface area contributed by atoms with E-state index in [1.165, 1.54) is 14.2 Å². The van der Waals surface area contributed by atoms with Crippen molar-refractivity contribution < 1.29 is 57.9 Å². The van der Waals surface area contributed by atoms with E-state index in [0.717, 1.165) is 21.6 Å². The Hall–Kier alpha value is -3.82. The van der Waals surface area contributed by atoms with Crippen molar-refractivity contribution in [3.8, 4) is 0 Å². The largest absolute Gasteiger partial charge is 0.492 e. The second-order valence-electron chi connectivity index (χ2n) is 11.2. The van der Waals surface area contributed by atoms with Gasteiger partial charge in [0.25, 0.3) is 0 Å². The molecule has 24 nitrogen and oxygen atoms in total. The smallest absolute Gasteiger partial charge is 0.468 e. The van der Waals surface area contributed by atoms with Crippen LogP contribution >= 0.6 is 52.7 Å². The number of esters is 2. The molecule has 2 aliphatic heterocycles. The number of thioether (sulfide) groups is 1. The molecule has 2 fully saturated rings. The van der Waals surface area contributed by atoms with Gasteiger partial charge in [-0.25, -0.2) is 9.59 Å². The van der Waals surface area contributed by atoms with E-state index in [9.17, 15) is 64.4 Å². The summed E-state index contributed by atoms with van der Waals surface area (Å²) in [6.07, 6.45) is -0.660. The van der Waals surface area contributed by atoms with Crippen LogP contribution in [0.5, 0.6) is 0 Å². The number of nitro groups is 4. The number of methoxy groups -OCH3 is 2. The molecule has 2 atom stereocenters. The van der Waals surface area contributed by atoms with Gasteiger partial charge < -0.3 is 35.1 Å². The third-order valence-corrected chi connectivity index (χ3v) is 8.23. The van der Waals surface area contributed by atoms with Crippen LogP contribution in [0.25, 0.3) is 0 Å². The van der Waals surface area contributed by atoms with Crippen molar-refractivity contribution >= 4 is 82.6 Å². The second-order valence-corrected chi connectivity index (χ2v) is 13.1. The minimum Gasteiger partial charge on any atom is -0.468 e. The van der Waals surface area contributed by atoms with E-state index in [0.29, 0.717) is 0 Å². The van der Waals surface area contributed by atoms with Crippen LogP contribution in [0.4, 0.5) is 4.79 Å². The van der Waals surface area contributed by atoms with Crippen molar-refractivity contribution in [3.63, 3.8) is 0 Å². The van der Waals surface area contributed by atoms with Crippen molar-refractivity contribution in [3.05, 3.63) is 40.5 Å². The molecule has 0 aromatic rings. The van der Waals surface area contributed by atoms with Crippen LogP contribution in [0, 0.1) is 40.5 Å². The van der Waals surface area contributed by atoms with E-state index >= 15 is 0 Å². The quantitative estimate of drug-likeness (QED) is 0.0411. The highest BCUT2D eigenvalue weighted by molar-refractivity contribution is 9.09. The van der Waals surface area contributed by atoms with E-state index in [4.69, 9.17) is 10.5 Å². The van der Waals surface area contributed by atoms with Gasteiger partial charge in [-0.2, -0.15) is 12.6 Å². The first-order chi connectivity index (χ1) is 23.0. The normalized spacial score (nSPS) is 15.8. The number of nitrogens with one attached hydrogen (secondary N) is 1. The number of carbonyl (C=O) groups is 5. The lowest BCUT2D eigenvalue weighted by molar-refractivity contribution is -0.809. The van der Waals surface area contributed by atoms with Gasteiger partial charge in [0.05, 0.1) is 25.3 Å². The number of nitrogens with zero attached hydrogens (tertiary/aromatic N) is 6. The summed E-state index contributed by atoms with van der Waals surface area (Å²) in [5.74, 6) is -1.79. The molecule has 0 aromatic heterocycles. The third-order valence-electron chi connectivity index (χ3n) is 6.34. The standard InChI is InChI=1S/C9H14N4O7S.C9H17NO4S.C5H6BrN3O5.CH4.ClH/c1-20-8(15)6(10)2-21-3-7(14)11-4-9(5-11,12(16)17)13(18)19;1-9(2,3)14-8(12)10-6(5-15)7(11)13-4;6-1-4(10)7-2-5(3-7,8(11)12)9(13)14;;/h6H,2-5,10H2,1H3;6,15H,5H2,1-4H3,(H,10,12);1-3H2;1H4;1H/t2*6-;;;/m00.../s1. The summed E-state index contributed by atoms with van der Waals surface area (Å²) in [7, 11) is 2.43. The highest BCUT2D eigenvalue weighted by Gasteiger charge is 2.68. The molecule has 2 rings (SSSR count). The van der Waals surface area contributed by atoms with Crippen LogP contribution in [0.2, 0.25) is 0 Å². The summed E-state index contributed by atoms with van der Waals surface area (Å²) in [5.41, 5.74) is 0.365. The first kappa shape index (κ1) is 52.5. The van der Waals surface area contributed by atoms with Gasteiger partial charge in [0.1, 0.15) is 37.4 Å². The summed E-state index contributed by atoms with van der Waals surface area (Å²) in [4.78, 5) is 96.4. The molecular weight excluding hydrogens is 836 g/mol. The first-order valence-electron chi connectivity index (χ1n) is 13.8. The van der Waals surface area contributed by atoms with E-state index in [1.54, 1.807) is 20.8 Å². The highest BCUT2D eigenvalue weighted by Crippen LogP contribution is 2.26. The number of carbonyl (C=O) groups excluding carboxylic acids is 5. The van der Waals surface area contributed by atoms with Crippen molar-refractivity contribution in [2.45, 2.75) is 57.2 Å². The minimum atomic E-state index is -2.30. The molecule has 0 radical (unpaired) electrons. The predicted octanol–water partition coefficient (Wildman–Crippen LogP) is -0.175. The molecule has 3 amide bonds. The monoisotopic (exact) mass is 876 g/mol. The van der Waals surface area contributed by atoms with Crippen molar-refractivity contribution in [1.82, 2.24) is 15.1 Å². The zero-order valence-corrected chi connectivity index (χ0v) is 31.9. The molecule has 28 heteroatoms. The van der Waals surface area contributed by atoms with E-state index in [-0.39, 0.29) is 48.3 Å². The van der Waals surface area contributed by atoms with E-state index in [2.05, 4.69) is 43.3 Å². The lowest BCUT2D eigenvalue weighted by Gasteiger charge is -2.35. The van der Waals surface area contributed by atoms with Crippen LogP contribution in [-0.2, 0) is 33.4 Å². The predicted molar refractivity (Wildman–Crippen MR) is 191 cm³/mol. The number of alkyl halides is 1. The molecule has 300 valence electrons. The van der Waals surface area contributed by atoms with Gasteiger partial charge in [0, 0.05) is 11.5 Å². The average Bonchev–Trinajstić information content (AvgIpc) is 2.96. The fourth-order valence-electron chi connectivity index (χ4n) is 3.52. The summed E-state index contributed by atoms with van der Waals surface area (Å²) < 4.78 is 13.9. The van der Waals surface area contributed by atoms with Gasteiger partial charge in [0.15, 0.2) is 26.2 Å². The Bertz CT molecular complexity index is 1280. The molecule has 2 heterocycles. The molecule has 0 bridgehead atoms. The Morgan fingerprint density at radius 2 is 1.25 bits per heavy atom. The molecule has 0 aliphatic carbocycles. The fraction of sp³-hybridized carbons (Fsp3) is 0.792.